The second kappa shape index (κ2) is 10.0. The molecule has 0 atom stereocenters. The smallest absolute Gasteiger partial charge is 0.330 e. The van der Waals surface area contributed by atoms with Crippen molar-refractivity contribution in [3.8, 4) is 5.75 Å². The second-order valence-corrected chi connectivity index (χ2v) is 4.76. The molecule has 132 valence electrons. The molecule has 7 heteroatoms. The van der Waals surface area contributed by atoms with Gasteiger partial charge in [-0.15, -0.1) is 0 Å². The SMILES string of the molecule is C=COCCN(CCOC(=O)C=C)c1cc(NC)c(N)cc1OC. The lowest BCUT2D eigenvalue weighted by Gasteiger charge is -2.27. The summed E-state index contributed by atoms with van der Waals surface area (Å²) < 4.78 is 15.7. The molecular formula is C17H25N3O4. The van der Waals surface area contributed by atoms with Crippen LogP contribution in [0.2, 0.25) is 0 Å². The number of methoxy groups -OCH3 is 1. The Labute approximate surface area is 142 Å². The van der Waals surface area contributed by atoms with Crippen LogP contribution in [-0.4, -0.2) is 46.4 Å². The summed E-state index contributed by atoms with van der Waals surface area (Å²) in [5.41, 5.74) is 8.16. The molecule has 24 heavy (non-hydrogen) atoms. The van der Waals surface area contributed by atoms with Gasteiger partial charge in [-0.1, -0.05) is 13.2 Å². The summed E-state index contributed by atoms with van der Waals surface area (Å²) in [6, 6.07) is 3.63. The summed E-state index contributed by atoms with van der Waals surface area (Å²) >= 11 is 0. The molecule has 0 fully saturated rings. The molecule has 7 nitrogen and oxygen atoms in total. The quantitative estimate of drug-likeness (QED) is 0.210. The first kappa shape index (κ1) is 19.2. The van der Waals surface area contributed by atoms with Crippen LogP contribution in [0, 0.1) is 0 Å². The van der Waals surface area contributed by atoms with Crippen LogP contribution in [0.15, 0.2) is 37.6 Å². The van der Waals surface area contributed by atoms with Crippen molar-refractivity contribution in [1.82, 2.24) is 0 Å². The van der Waals surface area contributed by atoms with Gasteiger partial charge in [0.2, 0.25) is 0 Å². The molecule has 0 aliphatic rings. The highest BCUT2D eigenvalue weighted by Crippen LogP contribution is 2.35. The fourth-order valence-electron chi connectivity index (χ4n) is 2.13. The van der Waals surface area contributed by atoms with Gasteiger partial charge in [-0.3, -0.25) is 0 Å². The van der Waals surface area contributed by atoms with E-state index < -0.39 is 5.97 Å². The molecule has 0 bridgehead atoms. The van der Waals surface area contributed by atoms with Crippen molar-refractivity contribution < 1.29 is 19.0 Å². The fraction of sp³-hybridized carbons (Fsp3) is 0.353. The lowest BCUT2D eigenvalue weighted by molar-refractivity contribution is -0.137. The monoisotopic (exact) mass is 335 g/mol. The molecule has 0 radical (unpaired) electrons. The molecule has 0 unspecified atom stereocenters. The molecule has 0 amide bonds. The van der Waals surface area contributed by atoms with E-state index in [1.807, 2.05) is 11.0 Å². The summed E-state index contributed by atoms with van der Waals surface area (Å²) in [5.74, 6) is 0.164. The molecule has 1 rings (SSSR count). The lowest BCUT2D eigenvalue weighted by atomic mass is 10.2. The minimum absolute atomic E-state index is 0.210. The van der Waals surface area contributed by atoms with Gasteiger partial charge in [-0.2, -0.15) is 0 Å². The van der Waals surface area contributed by atoms with Crippen molar-refractivity contribution in [1.29, 1.82) is 0 Å². The molecular weight excluding hydrogens is 310 g/mol. The van der Waals surface area contributed by atoms with E-state index in [0.29, 0.717) is 31.1 Å². The standard InChI is InChI=1S/C17H25N3O4/c1-5-17(21)24-10-8-20(7-9-23-6-2)15-12-14(19-3)13(18)11-16(15)22-4/h5-6,11-12,19H,1-2,7-10,18H2,3-4H3. The van der Waals surface area contributed by atoms with Crippen LogP contribution in [0.1, 0.15) is 0 Å². The van der Waals surface area contributed by atoms with E-state index in [-0.39, 0.29) is 6.61 Å². The van der Waals surface area contributed by atoms with Gasteiger partial charge in [0.05, 0.1) is 43.5 Å². The maximum absolute atomic E-state index is 11.2. The van der Waals surface area contributed by atoms with Crippen LogP contribution in [0.4, 0.5) is 17.1 Å². The van der Waals surface area contributed by atoms with Gasteiger partial charge >= 0.3 is 5.97 Å². The molecule has 0 saturated carbocycles. The van der Waals surface area contributed by atoms with Gasteiger partial charge in [-0.05, 0) is 6.07 Å². The van der Waals surface area contributed by atoms with E-state index in [1.165, 1.54) is 6.26 Å². The average Bonchev–Trinajstić information content (AvgIpc) is 2.60. The number of carbonyl (C=O) groups excluding carboxylic acids is 1. The first-order valence-electron chi connectivity index (χ1n) is 7.49. The highest BCUT2D eigenvalue weighted by molar-refractivity contribution is 5.81. The predicted molar refractivity (Wildman–Crippen MR) is 96.5 cm³/mol. The molecule has 0 aliphatic carbocycles. The topological polar surface area (TPSA) is 86.1 Å². The summed E-state index contributed by atoms with van der Waals surface area (Å²) in [7, 11) is 3.37. The van der Waals surface area contributed by atoms with Crippen LogP contribution in [0.3, 0.4) is 0 Å². The van der Waals surface area contributed by atoms with Crippen molar-refractivity contribution in [2.75, 3.05) is 56.4 Å². The molecule has 0 heterocycles. The van der Waals surface area contributed by atoms with Crippen LogP contribution in [0.5, 0.6) is 5.75 Å². The van der Waals surface area contributed by atoms with Gasteiger partial charge in [0.25, 0.3) is 0 Å². The number of rotatable bonds is 11. The first-order chi connectivity index (χ1) is 11.6. The summed E-state index contributed by atoms with van der Waals surface area (Å²) in [5, 5.41) is 3.04. The molecule has 0 spiro atoms. The van der Waals surface area contributed by atoms with E-state index in [2.05, 4.69) is 18.5 Å². The Morgan fingerprint density at radius 2 is 2.04 bits per heavy atom. The van der Waals surface area contributed by atoms with E-state index >= 15 is 0 Å². The number of ether oxygens (including phenoxy) is 3. The fourth-order valence-corrected chi connectivity index (χ4v) is 2.13. The number of esters is 1. The van der Waals surface area contributed by atoms with Crippen molar-refractivity contribution in [3.05, 3.63) is 37.6 Å². The first-order valence-corrected chi connectivity index (χ1v) is 7.49. The number of nitrogen functional groups attached to an aromatic ring is 1. The number of hydrogen-bond donors (Lipinski definition) is 2. The number of hydrogen-bond acceptors (Lipinski definition) is 7. The van der Waals surface area contributed by atoms with E-state index in [1.54, 1.807) is 20.2 Å². The molecule has 1 aromatic carbocycles. The van der Waals surface area contributed by atoms with Crippen molar-refractivity contribution in [2.45, 2.75) is 0 Å². The number of benzene rings is 1. The zero-order valence-electron chi connectivity index (χ0n) is 14.2. The normalized spacial score (nSPS) is 9.75. The molecule has 0 aromatic heterocycles. The maximum atomic E-state index is 11.2. The third-order valence-corrected chi connectivity index (χ3v) is 3.33. The zero-order valence-corrected chi connectivity index (χ0v) is 14.2. The average molecular weight is 335 g/mol. The molecule has 0 saturated heterocycles. The summed E-state index contributed by atoms with van der Waals surface area (Å²) in [6.07, 6.45) is 2.52. The van der Waals surface area contributed by atoms with E-state index in [4.69, 9.17) is 19.9 Å². The third kappa shape index (κ3) is 5.42. The Morgan fingerprint density at radius 1 is 1.33 bits per heavy atom. The minimum Gasteiger partial charge on any atom is -0.500 e. The second-order valence-electron chi connectivity index (χ2n) is 4.76. The van der Waals surface area contributed by atoms with Gasteiger partial charge in [0.1, 0.15) is 19.0 Å². The highest BCUT2D eigenvalue weighted by Gasteiger charge is 2.15. The van der Waals surface area contributed by atoms with Gasteiger partial charge in [0.15, 0.2) is 0 Å². The Morgan fingerprint density at radius 3 is 2.62 bits per heavy atom. The van der Waals surface area contributed by atoms with E-state index in [0.717, 1.165) is 17.5 Å². The largest absolute Gasteiger partial charge is 0.500 e. The highest BCUT2D eigenvalue weighted by atomic mass is 16.5. The van der Waals surface area contributed by atoms with Crippen molar-refractivity contribution >= 4 is 23.0 Å². The van der Waals surface area contributed by atoms with Crippen LogP contribution in [0.25, 0.3) is 0 Å². The van der Waals surface area contributed by atoms with Crippen LogP contribution < -0.4 is 20.7 Å². The number of nitrogens with one attached hydrogen (secondary N) is 1. The molecule has 3 N–H and O–H groups in total. The Bertz CT molecular complexity index is 575. The van der Waals surface area contributed by atoms with Crippen LogP contribution in [-0.2, 0) is 14.3 Å². The lowest BCUT2D eigenvalue weighted by Crippen LogP contribution is -2.31. The third-order valence-electron chi connectivity index (χ3n) is 3.33. The summed E-state index contributed by atoms with van der Waals surface area (Å²) in [6.45, 7) is 8.56. The number of nitrogens with zero attached hydrogens (tertiary/aromatic N) is 1. The molecule has 1 aromatic rings. The Balaban J connectivity index is 3.00. The van der Waals surface area contributed by atoms with E-state index in [9.17, 15) is 4.79 Å². The Kier molecular flexibility index (Phi) is 8.04. The van der Waals surface area contributed by atoms with Crippen molar-refractivity contribution in [3.63, 3.8) is 0 Å². The maximum Gasteiger partial charge on any atom is 0.330 e. The zero-order chi connectivity index (χ0) is 17.9. The number of nitrogens with two attached hydrogens (primary N) is 1. The van der Waals surface area contributed by atoms with Crippen LogP contribution >= 0.6 is 0 Å². The van der Waals surface area contributed by atoms with Gasteiger partial charge < -0.3 is 30.2 Å². The minimum atomic E-state index is -0.461. The van der Waals surface area contributed by atoms with Gasteiger partial charge in [-0.25, -0.2) is 4.79 Å². The molecule has 0 aliphatic heterocycles. The Hall–Kier alpha value is -2.83. The van der Waals surface area contributed by atoms with Gasteiger partial charge in [0, 0.05) is 19.2 Å². The predicted octanol–water partition coefficient (Wildman–Crippen LogP) is 2.01. The van der Waals surface area contributed by atoms with Crippen molar-refractivity contribution in [2.24, 2.45) is 0 Å². The number of anilines is 3. The number of carbonyl (C=O) groups is 1. The summed E-state index contributed by atoms with van der Waals surface area (Å²) in [4.78, 5) is 13.2.